The van der Waals surface area contributed by atoms with E-state index < -0.39 is 0 Å². The van der Waals surface area contributed by atoms with Crippen LogP contribution in [0.5, 0.6) is 0 Å². The average Bonchev–Trinajstić information content (AvgIpc) is 2.23. The first-order chi connectivity index (χ1) is 6.79. The fraction of sp³-hybridized carbons (Fsp3) is 0.538. The smallest absolute Gasteiger partial charge is 0.00431 e. The molecule has 0 radical (unpaired) electrons. The molecule has 0 spiro atoms. The molecule has 0 unspecified atom stereocenters. The normalized spacial score (nSPS) is 17.2. The number of hydrogen-bond acceptors (Lipinski definition) is 1. The predicted octanol–water partition coefficient (Wildman–Crippen LogP) is 3.19. The molecule has 1 aromatic rings. The second kappa shape index (κ2) is 5.53. The summed E-state index contributed by atoms with van der Waals surface area (Å²) in [4.78, 5) is 0. The fourth-order valence-electron chi connectivity index (χ4n) is 2.35. The molecule has 0 aliphatic carbocycles. The summed E-state index contributed by atoms with van der Waals surface area (Å²) in [5.41, 5.74) is 4.51. The highest BCUT2D eigenvalue weighted by molar-refractivity contribution is 5.85. The first-order valence-electron chi connectivity index (χ1n) is 5.56. The molecule has 15 heavy (non-hydrogen) atoms. The van der Waals surface area contributed by atoms with Crippen molar-refractivity contribution in [1.82, 2.24) is 5.32 Å². The zero-order valence-corrected chi connectivity index (χ0v) is 10.4. The van der Waals surface area contributed by atoms with Crippen molar-refractivity contribution in [2.75, 3.05) is 13.1 Å². The van der Waals surface area contributed by atoms with Gasteiger partial charge in [0, 0.05) is 0 Å². The van der Waals surface area contributed by atoms with Crippen LogP contribution < -0.4 is 5.32 Å². The lowest BCUT2D eigenvalue weighted by atomic mass is 9.86. The third kappa shape index (κ3) is 2.73. The van der Waals surface area contributed by atoms with Crippen molar-refractivity contribution in [1.29, 1.82) is 0 Å². The first kappa shape index (κ1) is 12.5. The van der Waals surface area contributed by atoms with Gasteiger partial charge >= 0.3 is 0 Å². The largest absolute Gasteiger partial charge is 0.317 e. The summed E-state index contributed by atoms with van der Waals surface area (Å²) in [6.07, 6.45) is 2.59. The van der Waals surface area contributed by atoms with E-state index in [-0.39, 0.29) is 12.4 Å². The van der Waals surface area contributed by atoms with E-state index >= 15 is 0 Å². The molecule has 84 valence electrons. The number of benzene rings is 1. The minimum Gasteiger partial charge on any atom is -0.317 e. The van der Waals surface area contributed by atoms with Gasteiger partial charge in [0.05, 0.1) is 0 Å². The van der Waals surface area contributed by atoms with E-state index in [2.05, 4.69) is 37.4 Å². The topological polar surface area (TPSA) is 12.0 Å². The second-order valence-corrected chi connectivity index (χ2v) is 4.31. The fourth-order valence-corrected chi connectivity index (χ4v) is 2.35. The lowest BCUT2D eigenvalue weighted by Gasteiger charge is -2.25. The number of piperidine rings is 1. The Morgan fingerprint density at radius 1 is 1.13 bits per heavy atom. The lowest BCUT2D eigenvalue weighted by molar-refractivity contribution is 0.459. The third-order valence-electron chi connectivity index (χ3n) is 3.43. The Hall–Kier alpha value is -0.530. The van der Waals surface area contributed by atoms with Crippen LogP contribution in [0.25, 0.3) is 0 Å². The van der Waals surface area contributed by atoms with Crippen LogP contribution in [-0.4, -0.2) is 13.1 Å². The van der Waals surface area contributed by atoms with Gasteiger partial charge in [-0.05, 0) is 62.4 Å². The molecule has 1 aliphatic heterocycles. The van der Waals surface area contributed by atoms with Gasteiger partial charge in [0.15, 0.2) is 0 Å². The molecule has 2 heteroatoms. The van der Waals surface area contributed by atoms with Crippen LogP contribution in [0.1, 0.15) is 35.4 Å². The van der Waals surface area contributed by atoms with Gasteiger partial charge in [0.1, 0.15) is 0 Å². The van der Waals surface area contributed by atoms with Gasteiger partial charge in [-0.2, -0.15) is 0 Å². The van der Waals surface area contributed by atoms with Crippen LogP contribution in [0.3, 0.4) is 0 Å². The van der Waals surface area contributed by atoms with Crippen molar-refractivity contribution in [3.05, 3.63) is 34.9 Å². The van der Waals surface area contributed by atoms with Gasteiger partial charge in [-0.3, -0.25) is 0 Å². The van der Waals surface area contributed by atoms with E-state index in [9.17, 15) is 0 Å². The van der Waals surface area contributed by atoms with E-state index in [0.29, 0.717) is 0 Å². The highest BCUT2D eigenvalue weighted by Crippen LogP contribution is 2.28. The summed E-state index contributed by atoms with van der Waals surface area (Å²) in [6.45, 7) is 6.82. The molecule has 0 bridgehead atoms. The molecule has 0 atom stereocenters. The summed E-state index contributed by atoms with van der Waals surface area (Å²) >= 11 is 0. The summed E-state index contributed by atoms with van der Waals surface area (Å²) in [6, 6.07) is 6.71. The number of aryl methyl sites for hydroxylation is 1. The number of rotatable bonds is 1. The van der Waals surface area contributed by atoms with Crippen molar-refractivity contribution in [2.45, 2.75) is 32.6 Å². The summed E-state index contributed by atoms with van der Waals surface area (Å²) in [5, 5.41) is 3.42. The van der Waals surface area contributed by atoms with E-state index in [4.69, 9.17) is 0 Å². The Morgan fingerprint density at radius 2 is 1.80 bits per heavy atom. The lowest BCUT2D eigenvalue weighted by Crippen LogP contribution is -2.27. The highest BCUT2D eigenvalue weighted by Gasteiger charge is 2.16. The molecule has 2 rings (SSSR count). The molecule has 1 aromatic carbocycles. The summed E-state index contributed by atoms with van der Waals surface area (Å²) in [5.74, 6) is 0.788. The Labute approximate surface area is 98.7 Å². The number of nitrogens with one attached hydrogen (secondary N) is 1. The molecule has 1 N–H and O–H groups in total. The molecule has 1 saturated heterocycles. The molecule has 1 fully saturated rings. The maximum absolute atomic E-state index is 3.42. The molecular formula is C13H20ClN. The van der Waals surface area contributed by atoms with Crippen LogP contribution >= 0.6 is 12.4 Å². The SMILES string of the molecule is Cc1cccc(C2CCNCC2)c1C.Cl. The minimum atomic E-state index is 0. The van der Waals surface area contributed by atoms with E-state index in [1.54, 1.807) is 5.56 Å². The maximum Gasteiger partial charge on any atom is -0.00431 e. The van der Waals surface area contributed by atoms with Crippen molar-refractivity contribution in [3.8, 4) is 0 Å². The van der Waals surface area contributed by atoms with Crippen LogP contribution in [0, 0.1) is 13.8 Å². The number of halogens is 1. The molecule has 1 nitrogen and oxygen atoms in total. The quantitative estimate of drug-likeness (QED) is 0.774. The molecule has 0 saturated carbocycles. The van der Waals surface area contributed by atoms with E-state index in [0.717, 1.165) is 5.92 Å². The Balaban J connectivity index is 0.00000112. The van der Waals surface area contributed by atoms with Gasteiger partial charge in [-0.25, -0.2) is 0 Å². The van der Waals surface area contributed by atoms with Gasteiger partial charge in [0.2, 0.25) is 0 Å². The Morgan fingerprint density at radius 3 is 2.47 bits per heavy atom. The minimum absolute atomic E-state index is 0. The van der Waals surface area contributed by atoms with Crippen molar-refractivity contribution in [3.63, 3.8) is 0 Å². The maximum atomic E-state index is 3.42. The number of hydrogen-bond donors (Lipinski definition) is 1. The van der Waals surface area contributed by atoms with Gasteiger partial charge in [-0.15, -0.1) is 12.4 Å². The van der Waals surface area contributed by atoms with Crippen molar-refractivity contribution < 1.29 is 0 Å². The standard InChI is InChI=1S/C13H19N.ClH/c1-10-4-3-5-13(11(10)2)12-6-8-14-9-7-12;/h3-5,12,14H,6-9H2,1-2H3;1H. The van der Waals surface area contributed by atoms with Gasteiger partial charge < -0.3 is 5.32 Å². The van der Waals surface area contributed by atoms with Gasteiger partial charge in [0.25, 0.3) is 0 Å². The predicted molar refractivity (Wildman–Crippen MR) is 68.0 cm³/mol. The summed E-state index contributed by atoms with van der Waals surface area (Å²) < 4.78 is 0. The van der Waals surface area contributed by atoms with Crippen LogP contribution in [-0.2, 0) is 0 Å². The zero-order chi connectivity index (χ0) is 9.97. The molecule has 1 aliphatic rings. The second-order valence-electron chi connectivity index (χ2n) is 4.31. The average molecular weight is 226 g/mol. The van der Waals surface area contributed by atoms with Crippen LogP contribution in [0.15, 0.2) is 18.2 Å². The van der Waals surface area contributed by atoms with E-state index in [1.165, 1.54) is 37.1 Å². The van der Waals surface area contributed by atoms with Crippen molar-refractivity contribution >= 4 is 12.4 Å². The monoisotopic (exact) mass is 225 g/mol. The molecular weight excluding hydrogens is 206 g/mol. The van der Waals surface area contributed by atoms with Crippen molar-refractivity contribution in [2.24, 2.45) is 0 Å². The molecule has 0 amide bonds. The Kier molecular flexibility index (Phi) is 4.62. The summed E-state index contributed by atoms with van der Waals surface area (Å²) in [7, 11) is 0. The Bertz CT molecular complexity index is 316. The molecule has 1 heterocycles. The van der Waals surface area contributed by atoms with Crippen LogP contribution in [0.4, 0.5) is 0 Å². The molecule has 0 aromatic heterocycles. The first-order valence-corrected chi connectivity index (χ1v) is 5.56. The third-order valence-corrected chi connectivity index (χ3v) is 3.43. The van der Waals surface area contributed by atoms with Crippen LogP contribution in [0.2, 0.25) is 0 Å². The zero-order valence-electron chi connectivity index (χ0n) is 9.55. The highest BCUT2D eigenvalue weighted by atomic mass is 35.5. The van der Waals surface area contributed by atoms with E-state index in [1.807, 2.05) is 0 Å². The van der Waals surface area contributed by atoms with Gasteiger partial charge in [-0.1, -0.05) is 18.2 Å².